The number of ether oxygens (including phenoxy) is 2. The molecule has 6 nitrogen and oxygen atoms in total. The number of hydrogen-bond donors (Lipinski definition) is 1. The van der Waals surface area contributed by atoms with Crippen molar-refractivity contribution in [2.24, 2.45) is 0 Å². The minimum Gasteiger partial charge on any atom is -0.497 e. The van der Waals surface area contributed by atoms with Gasteiger partial charge >= 0.3 is 0 Å². The zero-order valence-corrected chi connectivity index (χ0v) is 18.6. The molecule has 0 spiro atoms. The first kappa shape index (κ1) is 22.3. The topological polar surface area (TPSA) is 48.4 Å². The maximum Gasteiger partial charge on any atom is 0.122 e. The van der Waals surface area contributed by atoms with Crippen molar-refractivity contribution in [2.75, 3.05) is 53.6 Å². The summed E-state index contributed by atoms with van der Waals surface area (Å²) in [6, 6.07) is 7.81. The Kier molecular flexibility index (Phi) is 8.18. The van der Waals surface area contributed by atoms with Gasteiger partial charge in [-0.15, -0.1) is 0 Å². The Hall–Kier alpha value is -1.34. The van der Waals surface area contributed by atoms with Gasteiger partial charge in [-0.3, -0.25) is 9.80 Å². The van der Waals surface area contributed by atoms with Crippen LogP contribution in [0.25, 0.3) is 0 Å². The third-order valence-electron chi connectivity index (χ3n) is 6.64. The lowest BCUT2D eigenvalue weighted by Crippen LogP contribution is -2.57. The second kappa shape index (κ2) is 10.6. The smallest absolute Gasteiger partial charge is 0.122 e. The van der Waals surface area contributed by atoms with Gasteiger partial charge in [0.25, 0.3) is 0 Å². The molecule has 2 fully saturated rings. The lowest BCUT2D eigenvalue weighted by Gasteiger charge is -2.47. The Morgan fingerprint density at radius 1 is 1.00 bits per heavy atom. The standard InChI is InChI=1S/C23H39N3O3/c1-18(2)24-8-5-20(6-9-24)26-11-10-25(21(17-26)7-12-27)16-19-13-22(28-3)15-23(14-19)29-4/h13-15,18,20-21,27H,5-12,16-17H2,1-4H3/t21-/m0/s1. The SMILES string of the molecule is COc1cc(CN2CCN(C3CCN(C(C)C)CC3)C[C@@H]2CCO)cc(OC)c1. The average molecular weight is 406 g/mol. The van der Waals surface area contributed by atoms with E-state index >= 15 is 0 Å². The molecule has 0 unspecified atom stereocenters. The number of hydrogen-bond acceptors (Lipinski definition) is 6. The number of piperazine rings is 1. The molecular formula is C23H39N3O3. The molecule has 6 heteroatoms. The quantitative estimate of drug-likeness (QED) is 0.717. The second-order valence-electron chi connectivity index (χ2n) is 8.71. The van der Waals surface area contributed by atoms with Crippen LogP contribution in [-0.4, -0.2) is 91.5 Å². The molecule has 2 aliphatic heterocycles. The number of methoxy groups -OCH3 is 2. The van der Waals surface area contributed by atoms with Gasteiger partial charge in [-0.2, -0.15) is 0 Å². The van der Waals surface area contributed by atoms with Crippen LogP contribution in [0.1, 0.15) is 38.7 Å². The van der Waals surface area contributed by atoms with Crippen LogP contribution < -0.4 is 9.47 Å². The number of likely N-dealkylation sites (tertiary alicyclic amines) is 1. The Balaban J connectivity index is 1.62. The van der Waals surface area contributed by atoms with Crippen molar-refractivity contribution in [3.63, 3.8) is 0 Å². The van der Waals surface area contributed by atoms with E-state index in [4.69, 9.17) is 9.47 Å². The summed E-state index contributed by atoms with van der Waals surface area (Å²) in [6.07, 6.45) is 3.34. The number of piperidine rings is 1. The summed E-state index contributed by atoms with van der Waals surface area (Å²) in [7, 11) is 3.38. The van der Waals surface area contributed by atoms with Crippen LogP contribution in [0, 0.1) is 0 Å². The molecule has 2 saturated heterocycles. The fourth-order valence-electron chi connectivity index (χ4n) is 4.84. The predicted octanol–water partition coefficient (Wildman–Crippen LogP) is 2.45. The number of aliphatic hydroxyl groups excluding tert-OH is 1. The molecule has 2 aliphatic rings. The Morgan fingerprint density at radius 2 is 1.66 bits per heavy atom. The summed E-state index contributed by atoms with van der Waals surface area (Å²) in [4.78, 5) is 7.79. The maximum absolute atomic E-state index is 9.67. The summed E-state index contributed by atoms with van der Waals surface area (Å²) in [5.74, 6) is 1.65. The normalized spacial score (nSPS) is 22.9. The summed E-state index contributed by atoms with van der Waals surface area (Å²) < 4.78 is 10.9. The first-order chi connectivity index (χ1) is 14.0. The molecule has 0 aliphatic carbocycles. The first-order valence-electron chi connectivity index (χ1n) is 11.1. The predicted molar refractivity (Wildman–Crippen MR) is 117 cm³/mol. The van der Waals surface area contributed by atoms with Gasteiger partial charge in [0.2, 0.25) is 0 Å². The molecule has 0 amide bonds. The highest BCUT2D eigenvalue weighted by Gasteiger charge is 2.32. The lowest BCUT2D eigenvalue weighted by molar-refractivity contribution is 0.00985. The Labute approximate surface area is 176 Å². The highest BCUT2D eigenvalue weighted by molar-refractivity contribution is 5.38. The zero-order valence-electron chi connectivity index (χ0n) is 18.6. The molecule has 1 aromatic carbocycles. The summed E-state index contributed by atoms with van der Waals surface area (Å²) in [5, 5.41) is 9.67. The van der Waals surface area contributed by atoms with Crippen molar-refractivity contribution >= 4 is 0 Å². The molecule has 3 rings (SSSR count). The van der Waals surface area contributed by atoms with E-state index in [2.05, 4.69) is 40.7 Å². The molecule has 0 saturated carbocycles. The van der Waals surface area contributed by atoms with Gasteiger partial charge in [-0.05, 0) is 63.9 Å². The fourth-order valence-corrected chi connectivity index (χ4v) is 4.84. The molecule has 1 atom stereocenters. The molecule has 164 valence electrons. The van der Waals surface area contributed by atoms with E-state index in [0.717, 1.165) is 44.1 Å². The van der Waals surface area contributed by atoms with Crippen molar-refractivity contribution in [3.8, 4) is 11.5 Å². The molecule has 0 bridgehead atoms. The van der Waals surface area contributed by atoms with E-state index in [1.807, 2.05) is 6.07 Å². The van der Waals surface area contributed by atoms with Crippen molar-refractivity contribution in [1.82, 2.24) is 14.7 Å². The Bertz CT molecular complexity index is 610. The van der Waals surface area contributed by atoms with Gasteiger partial charge < -0.3 is 19.5 Å². The summed E-state index contributed by atoms with van der Waals surface area (Å²) in [6.45, 7) is 11.3. The number of benzene rings is 1. The molecular weight excluding hydrogens is 366 g/mol. The van der Waals surface area contributed by atoms with Crippen LogP contribution in [0.3, 0.4) is 0 Å². The summed E-state index contributed by atoms with van der Waals surface area (Å²) in [5.41, 5.74) is 1.20. The van der Waals surface area contributed by atoms with Crippen molar-refractivity contribution in [3.05, 3.63) is 23.8 Å². The van der Waals surface area contributed by atoms with E-state index in [1.54, 1.807) is 14.2 Å². The minimum atomic E-state index is 0.238. The van der Waals surface area contributed by atoms with E-state index < -0.39 is 0 Å². The van der Waals surface area contributed by atoms with Crippen LogP contribution in [0.5, 0.6) is 11.5 Å². The van der Waals surface area contributed by atoms with Gasteiger partial charge in [0, 0.05) is 57.0 Å². The van der Waals surface area contributed by atoms with Crippen LogP contribution in [-0.2, 0) is 6.54 Å². The van der Waals surface area contributed by atoms with Crippen LogP contribution in [0.4, 0.5) is 0 Å². The fraction of sp³-hybridized carbons (Fsp3) is 0.739. The van der Waals surface area contributed by atoms with E-state index in [0.29, 0.717) is 18.1 Å². The molecule has 1 N–H and O–H groups in total. The van der Waals surface area contributed by atoms with Crippen LogP contribution in [0.2, 0.25) is 0 Å². The lowest BCUT2D eigenvalue weighted by atomic mass is 9.98. The van der Waals surface area contributed by atoms with Gasteiger partial charge in [-0.1, -0.05) is 0 Å². The minimum absolute atomic E-state index is 0.238. The van der Waals surface area contributed by atoms with Crippen molar-refractivity contribution in [1.29, 1.82) is 0 Å². The second-order valence-corrected chi connectivity index (χ2v) is 8.71. The van der Waals surface area contributed by atoms with Crippen LogP contribution in [0.15, 0.2) is 18.2 Å². The third kappa shape index (κ3) is 5.85. The number of rotatable bonds is 8. The average Bonchev–Trinajstić information content (AvgIpc) is 2.74. The zero-order chi connectivity index (χ0) is 20.8. The Morgan fingerprint density at radius 3 is 2.21 bits per heavy atom. The number of aliphatic hydroxyl groups is 1. The van der Waals surface area contributed by atoms with Gasteiger partial charge in [0.1, 0.15) is 11.5 Å². The maximum atomic E-state index is 9.67. The van der Waals surface area contributed by atoms with Gasteiger partial charge in [-0.25, -0.2) is 0 Å². The monoisotopic (exact) mass is 405 g/mol. The van der Waals surface area contributed by atoms with Crippen molar-refractivity contribution < 1.29 is 14.6 Å². The van der Waals surface area contributed by atoms with Gasteiger partial charge in [0.15, 0.2) is 0 Å². The molecule has 1 aromatic rings. The molecule has 0 aromatic heterocycles. The molecule has 29 heavy (non-hydrogen) atoms. The van der Waals surface area contributed by atoms with E-state index in [1.165, 1.54) is 31.5 Å². The van der Waals surface area contributed by atoms with E-state index in [-0.39, 0.29) is 6.61 Å². The van der Waals surface area contributed by atoms with Gasteiger partial charge in [0.05, 0.1) is 14.2 Å². The third-order valence-corrected chi connectivity index (χ3v) is 6.64. The highest BCUT2D eigenvalue weighted by atomic mass is 16.5. The molecule has 0 radical (unpaired) electrons. The van der Waals surface area contributed by atoms with Crippen LogP contribution >= 0.6 is 0 Å². The number of nitrogens with zero attached hydrogens (tertiary/aromatic N) is 3. The van der Waals surface area contributed by atoms with Crippen molar-refractivity contribution in [2.45, 2.75) is 57.8 Å². The molecule has 2 heterocycles. The highest BCUT2D eigenvalue weighted by Crippen LogP contribution is 2.27. The van der Waals surface area contributed by atoms with E-state index in [9.17, 15) is 5.11 Å². The summed E-state index contributed by atoms with van der Waals surface area (Å²) >= 11 is 0. The first-order valence-corrected chi connectivity index (χ1v) is 11.1. The largest absolute Gasteiger partial charge is 0.497 e.